The second-order valence-electron chi connectivity index (χ2n) is 12.4. The van der Waals surface area contributed by atoms with Crippen molar-refractivity contribution >= 4 is 46.1 Å². The van der Waals surface area contributed by atoms with Crippen molar-refractivity contribution in [3.05, 3.63) is 88.2 Å². The number of nitrogens with one attached hydrogen (secondary N) is 4. The van der Waals surface area contributed by atoms with Gasteiger partial charge in [0.1, 0.15) is 11.3 Å². The number of fused-ring (bicyclic) bond motifs is 1. The predicted octanol–water partition coefficient (Wildman–Crippen LogP) is 6.28. The summed E-state index contributed by atoms with van der Waals surface area (Å²) in [4.78, 5) is 32.4. The first-order chi connectivity index (χ1) is 23.9. The van der Waals surface area contributed by atoms with Crippen molar-refractivity contribution in [2.24, 2.45) is 0 Å². The SMILES string of the molecule is COc1nc(-c2cccc(-c3cccc(-c4cnc5cc(CNC[C@H]6CCC(=O)N6)oc5c4)c3Cl)c2Cl)ccc1CNC[C@H]1CCC(=O)N1. The van der Waals surface area contributed by atoms with Crippen molar-refractivity contribution in [1.29, 1.82) is 0 Å². The minimum Gasteiger partial charge on any atom is -0.481 e. The molecule has 12 heteroatoms. The standard InChI is InChI=1S/C37H36Cl2N6O4/c1-48-37-21(16-40-18-23-9-12-33(46)43-23)8-11-30(45-37)29-7-3-6-28(36(29)39)27-5-2-4-26(35(27)38)22-14-32-31(42-17-22)15-25(49-32)20-41-19-24-10-13-34(47)44-24/h2-8,11,14-15,17,23-24,40-41H,9-10,12-13,16,18-20H2,1H3,(H,43,46)(H,44,47)/t23-,24-/m1/s1. The van der Waals surface area contributed by atoms with E-state index in [0.29, 0.717) is 66.2 Å². The summed E-state index contributed by atoms with van der Waals surface area (Å²) in [7, 11) is 1.60. The number of aromatic nitrogens is 2. The fourth-order valence-electron chi connectivity index (χ4n) is 6.45. The minimum absolute atomic E-state index is 0.0992. The average molecular weight is 700 g/mol. The summed E-state index contributed by atoms with van der Waals surface area (Å²) in [6.45, 7) is 2.45. The Labute approximate surface area is 293 Å². The van der Waals surface area contributed by atoms with Crippen LogP contribution in [0.5, 0.6) is 5.88 Å². The molecule has 5 heterocycles. The van der Waals surface area contributed by atoms with E-state index in [2.05, 4.69) is 26.3 Å². The smallest absolute Gasteiger partial charge is 0.220 e. The number of halogens is 2. The van der Waals surface area contributed by atoms with Crippen LogP contribution in [-0.4, -0.2) is 54.1 Å². The normalized spacial score (nSPS) is 17.4. The molecule has 2 aromatic carbocycles. The number of methoxy groups -OCH3 is 1. The van der Waals surface area contributed by atoms with Crippen LogP contribution in [-0.2, 0) is 22.7 Å². The highest BCUT2D eigenvalue weighted by Gasteiger charge is 2.22. The number of hydrogen-bond acceptors (Lipinski definition) is 8. The number of hydrogen-bond donors (Lipinski definition) is 4. The first-order valence-electron chi connectivity index (χ1n) is 16.4. The van der Waals surface area contributed by atoms with Gasteiger partial charge in [-0.15, -0.1) is 0 Å². The lowest BCUT2D eigenvalue weighted by molar-refractivity contribution is -0.120. The van der Waals surface area contributed by atoms with Crippen molar-refractivity contribution < 1.29 is 18.7 Å². The number of pyridine rings is 2. The molecule has 4 N–H and O–H groups in total. The Morgan fingerprint density at radius 3 is 2.12 bits per heavy atom. The van der Waals surface area contributed by atoms with Crippen molar-refractivity contribution in [1.82, 2.24) is 31.2 Å². The number of ether oxygens (including phenoxy) is 1. The van der Waals surface area contributed by atoms with Crippen LogP contribution in [0.4, 0.5) is 0 Å². The highest BCUT2D eigenvalue weighted by atomic mass is 35.5. The molecule has 5 aromatic rings. The maximum Gasteiger partial charge on any atom is 0.220 e. The van der Waals surface area contributed by atoms with Crippen molar-refractivity contribution in [3.63, 3.8) is 0 Å². The van der Waals surface area contributed by atoms with Crippen LogP contribution in [0.25, 0.3) is 44.6 Å². The number of rotatable bonds is 12. The average Bonchev–Trinajstić information content (AvgIpc) is 3.84. The second-order valence-corrected chi connectivity index (χ2v) is 13.1. The number of amides is 2. The van der Waals surface area contributed by atoms with E-state index in [1.165, 1.54) is 0 Å². The Bertz CT molecular complexity index is 2030. The number of carbonyl (C=O) groups is 2. The summed E-state index contributed by atoms with van der Waals surface area (Å²) in [5.41, 5.74) is 6.92. The molecular formula is C37H36Cl2N6O4. The Morgan fingerprint density at radius 1 is 0.837 bits per heavy atom. The van der Waals surface area contributed by atoms with Gasteiger partial charge in [0.25, 0.3) is 0 Å². The van der Waals surface area contributed by atoms with Gasteiger partial charge in [-0.25, -0.2) is 4.98 Å². The molecule has 0 unspecified atom stereocenters. The topological polar surface area (TPSA) is 130 Å². The van der Waals surface area contributed by atoms with E-state index >= 15 is 0 Å². The first kappa shape index (κ1) is 33.0. The summed E-state index contributed by atoms with van der Waals surface area (Å²) >= 11 is 14.2. The molecule has 2 aliphatic heterocycles. The highest BCUT2D eigenvalue weighted by molar-refractivity contribution is 6.39. The van der Waals surface area contributed by atoms with E-state index < -0.39 is 0 Å². The van der Waals surface area contributed by atoms with Crippen LogP contribution in [0.3, 0.4) is 0 Å². The molecule has 2 aliphatic rings. The maximum atomic E-state index is 11.5. The molecule has 2 amide bonds. The quantitative estimate of drug-likeness (QED) is 0.120. The third kappa shape index (κ3) is 7.28. The van der Waals surface area contributed by atoms with Crippen LogP contribution in [0.2, 0.25) is 10.0 Å². The monoisotopic (exact) mass is 698 g/mol. The Balaban J connectivity index is 1.09. The number of carbonyl (C=O) groups excluding carboxylic acids is 2. The summed E-state index contributed by atoms with van der Waals surface area (Å²) < 4.78 is 11.8. The molecule has 252 valence electrons. The fourth-order valence-corrected chi connectivity index (χ4v) is 7.11. The molecule has 3 aromatic heterocycles. The summed E-state index contributed by atoms with van der Waals surface area (Å²) in [6.07, 6.45) is 4.62. The van der Waals surface area contributed by atoms with Gasteiger partial charge in [0.15, 0.2) is 5.58 Å². The Hall–Kier alpha value is -4.48. The fraction of sp³-hybridized carbons (Fsp3) is 0.297. The van der Waals surface area contributed by atoms with Crippen molar-refractivity contribution in [2.75, 3.05) is 20.2 Å². The molecule has 0 saturated carbocycles. The van der Waals surface area contributed by atoms with Gasteiger partial charge in [-0.2, -0.15) is 0 Å². The molecule has 49 heavy (non-hydrogen) atoms. The minimum atomic E-state index is 0.0992. The van der Waals surface area contributed by atoms with Gasteiger partial charge in [0.2, 0.25) is 17.7 Å². The lowest BCUT2D eigenvalue weighted by Gasteiger charge is -2.15. The Kier molecular flexibility index (Phi) is 9.81. The largest absolute Gasteiger partial charge is 0.481 e. The van der Waals surface area contributed by atoms with E-state index in [9.17, 15) is 9.59 Å². The molecule has 7 rings (SSSR count). The second kappa shape index (κ2) is 14.6. The molecule has 10 nitrogen and oxygen atoms in total. The molecular weight excluding hydrogens is 663 g/mol. The van der Waals surface area contributed by atoms with Crippen LogP contribution < -0.4 is 26.0 Å². The van der Waals surface area contributed by atoms with E-state index in [1.54, 1.807) is 13.3 Å². The van der Waals surface area contributed by atoms with Gasteiger partial charge in [0.05, 0.1) is 29.4 Å². The molecule has 2 saturated heterocycles. The van der Waals surface area contributed by atoms with Gasteiger partial charge in [-0.3, -0.25) is 14.6 Å². The lowest BCUT2D eigenvalue weighted by atomic mass is 9.97. The maximum absolute atomic E-state index is 11.5. The van der Waals surface area contributed by atoms with E-state index in [-0.39, 0.29) is 23.9 Å². The number of benzene rings is 2. The third-order valence-corrected chi connectivity index (χ3v) is 9.81. The van der Waals surface area contributed by atoms with Crippen molar-refractivity contribution in [2.45, 2.75) is 50.9 Å². The van der Waals surface area contributed by atoms with Gasteiger partial charge in [-0.1, -0.05) is 65.7 Å². The molecule has 0 spiro atoms. The van der Waals surface area contributed by atoms with Crippen LogP contribution in [0, 0.1) is 0 Å². The van der Waals surface area contributed by atoms with Gasteiger partial charge < -0.3 is 30.4 Å². The van der Waals surface area contributed by atoms with E-state index in [0.717, 1.165) is 57.5 Å². The van der Waals surface area contributed by atoms with Gasteiger partial charge in [-0.05, 0) is 25.0 Å². The molecule has 2 atom stereocenters. The predicted molar refractivity (Wildman–Crippen MR) is 190 cm³/mol. The van der Waals surface area contributed by atoms with Gasteiger partial charge in [0, 0.05) is 90.2 Å². The highest BCUT2D eigenvalue weighted by Crippen LogP contribution is 2.42. The van der Waals surface area contributed by atoms with Crippen molar-refractivity contribution in [3.8, 4) is 39.4 Å². The first-order valence-corrected chi connectivity index (χ1v) is 17.1. The number of furan rings is 1. The van der Waals surface area contributed by atoms with Crippen LogP contribution in [0.1, 0.15) is 37.0 Å². The van der Waals surface area contributed by atoms with Crippen LogP contribution in [0.15, 0.2) is 71.3 Å². The zero-order valence-electron chi connectivity index (χ0n) is 26.9. The summed E-state index contributed by atoms with van der Waals surface area (Å²) in [5, 5.41) is 13.8. The zero-order chi connectivity index (χ0) is 33.9. The lowest BCUT2D eigenvalue weighted by Crippen LogP contribution is -2.35. The van der Waals surface area contributed by atoms with Gasteiger partial charge >= 0.3 is 0 Å². The molecule has 0 radical (unpaired) electrons. The summed E-state index contributed by atoms with van der Waals surface area (Å²) in [6, 6.07) is 19.7. The van der Waals surface area contributed by atoms with E-state index in [1.807, 2.05) is 60.7 Å². The molecule has 0 aliphatic carbocycles. The number of nitrogens with zero attached hydrogens (tertiary/aromatic N) is 2. The Morgan fingerprint density at radius 2 is 1.47 bits per heavy atom. The zero-order valence-corrected chi connectivity index (χ0v) is 28.5. The van der Waals surface area contributed by atoms with Crippen LogP contribution >= 0.6 is 23.2 Å². The molecule has 2 fully saturated rings. The summed E-state index contributed by atoms with van der Waals surface area (Å²) in [5.74, 6) is 1.47. The molecule has 0 bridgehead atoms. The third-order valence-electron chi connectivity index (χ3n) is 8.99. The van der Waals surface area contributed by atoms with E-state index in [4.69, 9.17) is 37.3 Å².